The van der Waals surface area contributed by atoms with Crippen molar-refractivity contribution in [3.05, 3.63) is 60.1 Å². The van der Waals surface area contributed by atoms with Gasteiger partial charge in [-0.15, -0.1) is 0 Å². The second kappa shape index (κ2) is 5.52. The summed E-state index contributed by atoms with van der Waals surface area (Å²) in [6, 6.07) is 13.3. The Balaban J connectivity index is 1.84. The number of ether oxygens (including phenoxy) is 1. The van der Waals surface area contributed by atoms with Gasteiger partial charge in [-0.05, 0) is 18.2 Å². The first-order valence-corrected chi connectivity index (χ1v) is 6.22. The third kappa shape index (κ3) is 2.51. The van der Waals surface area contributed by atoms with Gasteiger partial charge in [0, 0.05) is 11.8 Å². The van der Waals surface area contributed by atoms with Crippen LogP contribution in [0.3, 0.4) is 0 Å². The number of rotatable bonds is 4. The first-order chi connectivity index (χ1) is 9.86. The minimum absolute atomic E-state index is 0.496. The van der Waals surface area contributed by atoms with E-state index in [0.717, 1.165) is 11.3 Å². The second-order valence-corrected chi connectivity index (χ2v) is 4.22. The van der Waals surface area contributed by atoms with Gasteiger partial charge in [-0.1, -0.05) is 29.4 Å². The van der Waals surface area contributed by atoms with Crippen LogP contribution in [0.5, 0.6) is 5.75 Å². The Labute approximate surface area is 116 Å². The molecule has 0 aliphatic heterocycles. The molecule has 0 atom stereocenters. The van der Waals surface area contributed by atoms with Gasteiger partial charge in [0.25, 0.3) is 0 Å². The standard InChI is InChI=1S/C15H13N3O2/c1-19-13-8-3-2-6-11(13)10-14-17-15(18-20-14)12-7-4-5-9-16-12/h2-9H,10H2,1H3. The molecule has 0 spiro atoms. The molecule has 0 amide bonds. The predicted octanol–water partition coefficient (Wildman–Crippen LogP) is 2.73. The summed E-state index contributed by atoms with van der Waals surface area (Å²) in [5.74, 6) is 1.84. The van der Waals surface area contributed by atoms with Crippen LogP contribution >= 0.6 is 0 Å². The molecule has 1 aromatic carbocycles. The minimum atomic E-state index is 0.496. The first-order valence-electron chi connectivity index (χ1n) is 6.22. The zero-order valence-electron chi connectivity index (χ0n) is 11.0. The number of hydrogen-bond donors (Lipinski definition) is 0. The van der Waals surface area contributed by atoms with Crippen LogP contribution in [0, 0.1) is 0 Å². The summed E-state index contributed by atoms with van der Waals surface area (Å²) in [5.41, 5.74) is 1.70. The van der Waals surface area contributed by atoms with Crippen LogP contribution in [-0.4, -0.2) is 22.2 Å². The molecule has 0 saturated heterocycles. The van der Waals surface area contributed by atoms with Crippen molar-refractivity contribution in [2.45, 2.75) is 6.42 Å². The quantitative estimate of drug-likeness (QED) is 0.727. The highest BCUT2D eigenvalue weighted by molar-refractivity contribution is 5.47. The van der Waals surface area contributed by atoms with Gasteiger partial charge in [0.1, 0.15) is 11.4 Å². The van der Waals surface area contributed by atoms with E-state index in [1.54, 1.807) is 13.3 Å². The van der Waals surface area contributed by atoms with Crippen molar-refractivity contribution in [1.29, 1.82) is 0 Å². The summed E-state index contributed by atoms with van der Waals surface area (Å²) in [6.07, 6.45) is 2.23. The maximum absolute atomic E-state index is 5.31. The molecule has 20 heavy (non-hydrogen) atoms. The Kier molecular flexibility index (Phi) is 3.41. The molecule has 3 rings (SSSR count). The van der Waals surface area contributed by atoms with Crippen molar-refractivity contribution in [1.82, 2.24) is 15.1 Å². The molecule has 0 unspecified atom stereocenters. The predicted molar refractivity (Wildman–Crippen MR) is 73.3 cm³/mol. The summed E-state index contributed by atoms with van der Waals surface area (Å²) in [5, 5.41) is 3.95. The van der Waals surface area contributed by atoms with E-state index in [4.69, 9.17) is 9.26 Å². The zero-order chi connectivity index (χ0) is 13.8. The molecule has 0 fully saturated rings. The highest BCUT2D eigenvalue weighted by Crippen LogP contribution is 2.21. The maximum Gasteiger partial charge on any atom is 0.231 e. The van der Waals surface area contributed by atoms with E-state index < -0.39 is 0 Å². The first kappa shape index (κ1) is 12.3. The van der Waals surface area contributed by atoms with Crippen molar-refractivity contribution < 1.29 is 9.26 Å². The summed E-state index contributed by atoms with van der Waals surface area (Å²) < 4.78 is 10.6. The summed E-state index contributed by atoms with van der Waals surface area (Å²) >= 11 is 0. The van der Waals surface area contributed by atoms with Crippen LogP contribution in [0.4, 0.5) is 0 Å². The molecule has 0 radical (unpaired) electrons. The molecule has 5 heteroatoms. The molecule has 0 saturated carbocycles. The lowest BCUT2D eigenvalue weighted by Crippen LogP contribution is -1.93. The Morgan fingerprint density at radius 3 is 2.75 bits per heavy atom. The fourth-order valence-electron chi connectivity index (χ4n) is 1.94. The Morgan fingerprint density at radius 2 is 1.95 bits per heavy atom. The molecule has 0 aliphatic carbocycles. The van der Waals surface area contributed by atoms with Crippen LogP contribution in [0.15, 0.2) is 53.2 Å². The van der Waals surface area contributed by atoms with Crippen LogP contribution in [-0.2, 0) is 6.42 Å². The molecular formula is C15H13N3O2. The van der Waals surface area contributed by atoms with Gasteiger partial charge >= 0.3 is 0 Å². The van der Waals surface area contributed by atoms with E-state index in [-0.39, 0.29) is 0 Å². The van der Waals surface area contributed by atoms with Gasteiger partial charge in [-0.25, -0.2) is 0 Å². The van der Waals surface area contributed by atoms with E-state index >= 15 is 0 Å². The number of aromatic nitrogens is 3. The van der Waals surface area contributed by atoms with Crippen molar-refractivity contribution in [3.63, 3.8) is 0 Å². The number of pyridine rings is 1. The third-order valence-electron chi connectivity index (χ3n) is 2.90. The van der Waals surface area contributed by atoms with Crippen molar-refractivity contribution in [2.75, 3.05) is 7.11 Å². The number of hydrogen-bond acceptors (Lipinski definition) is 5. The third-order valence-corrected chi connectivity index (χ3v) is 2.90. The van der Waals surface area contributed by atoms with Crippen LogP contribution in [0.2, 0.25) is 0 Å². The normalized spacial score (nSPS) is 10.4. The smallest absolute Gasteiger partial charge is 0.231 e. The largest absolute Gasteiger partial charge is 0.496 e. The lowest BCUT2D eigenvalue weighted by molar-refractivity contribution is 0.379. The van der Waals surface area contributed by atoms with Gasteiger partial charge in [-0.3, -0.25) is 4.98 Å². The number of para-hydroxylation sites is 1. The van der Waals surface area contributed by atoms with E-state index in [1.807, 2.05) is 42.5 Å². The second-order valence-electron chi connectivity index (χ2n) is 4.22. The molecule has 100 valence electrons. The average Bonchev–Trinajstić information content (AvgIpc) is 2.97. The van der Waals surface area contributed by atoms with E-state index in [1.165, 1.54) is 0 Å². The minimum Gasteiger partial charge on any atom is -0.496 e. The number of methoxy groups -OCH3 is 1. The molecule has 2 heterocycles. The number of benzene rings is 1. The van der Waals surface area contributed by atoms with Gasteiger partial charge < -0.3 is 9.26 Å². The molecule has 2 aromatic heterocycles. The van der Waals surface area contributed by atoms with Gasteiger partial charge in [-0.2, -0.15) is 4.98 Å². The van der Waals surface area contributed by atoms with Gasteiger partial charge in [0.05, 0.1) is 13.5 Å². The maximum atomic E-state index is 5.31. The summed E-state index contributed by atoms with van der Waals surface area (Å²) in [7, 11) is 1.64. The molecular weight excluding hydrogens is 254 g/mol. The van der Waals surface area contributed by atoms with E-state index in [9.17, 15) is 0 Å². The lowest BCUT2D eigenvalue weighted by atomic mass is 10.1. The Hall–Kier alpha value is -2.69. The molecule has 0 N–H and O–H groups in total. The van der Waals surface area contributed by atoms with E-state index in [2.05, 4.69) is 15.1 Å². The highest BCUT2D eigenvalue weighted by atomic mass is 16.5. The van der Waals surface area contributed by atoms with Crippen LogP contribution in [0.1, 0.15) is 11.5 Å². The number of nitrogens with zero attached hydrogens (tertiary/aromatic N) is 3. The molecule has 5 nitrogen and oxygen atoms in total. The van der Waals surface area contributed by atoms with Crippen molar-refractivity contribution >= 4 is 0 Å². The average molecular weight is 267 g/mol. The molecule has 0 aliphatic rings. The SMILES string of the molecule is COc1ccccc1Cc1nc(-c2ccccn2)no1. The monoisotopic (exact) mass is 267 g/mol. The fraction of sp³-hybridized carbons (Fsp3) is 0.133. The summed E-state index contributed by atoms with van der Waals surface area (Å²) in [6.45, 7) is 0. The van der Waals surface area contributed by atoms with Crippen molar-refractivity contribution in [2.24, 2.45) is 0 Å². The van der Waals surface area contributed by atoms with Gasteiger partial charge in [0.2, 0.25) is 11.7 Å². The van der Waals surface area contributed by atoms with E-state index in [0.29, 0.717) is 23.8 Å². The highest BCUT2D eigenvalue weighted by Gasteiger charge is 2.11. The molecule has 3 aromatic rings. The molecule has 0 bridgehead atoms. The topological polar surface area (TPSA) is 61.0 Å². The Morgan fingerprint density at radius 1 is 1.10 bits per heavy atom. The fourth-order valence-corrected chi connectivity index (χ4v) is 1.94. The lowest BCUT2D eigenvalue weighted by Gasteiger charge is -2.04. The summed E-state index contributed by atoms with van der Waals surface area (Å²) in [4.78, 5) is 8.55. The van der Waals surface area contributed by atoms with Crippen LogP contribution in [0.25, 0.3) is 11.5 Å². The van der Waals surface area contributed by atoms with Gasteiger partial charge in [0.15, 0.2) is 0 Å². The zero-order valence-corrected chi connectivity index (χ0v) is 11.0. The van der Waals surface area contributed by atoms with Crippen molar-refractivity contribution in [3.8, 4) is 17.3 Å². The Bertz CT molecular complexity index is 695. The van der Waals surface area contributed by atoms with Crippen LogP contribution < -0.4 is 4.74 Å².